The van der Waals surface area contributed by atoms with Crippen LogP contribution in [0.4, 0.5) is 0 Å². The average Bonchev–Trinajstić information content (AvgIpc) is 3.16. The smallest absolute Gasteiger partial charge is 0.195 e. The maximum Gasteiger partial charge on any atom is 0.195 e. The van der Waals surface area contributed by atoms with Crippen LogP contribution in [0.1, 0.15) is 15.9 Å². The van der Waals surface area contributed by atoms with E-state index in [1.54, 1.807) is 51.9 Å². The van der Waals surface area contributed by atoms with Crippen molar-refractivity contribution in [2.75, 3.05) is 21.3 Å². The predicted molar refractivity (Wildman–Crippen MR) is 95.8 cm³/mol. The molecule has 0 amide bonds. The van der Waals surface area contributed by atoms with Crippen LogP contribution >= 0.6 is 0 Å². The van der Waals surface area contributed by atoms with Crippen molar-refractivity contribution in [3.05, 3.63) is 66.0 Å². The third-order valence-corrected chi connectivity index (χ3v) is 4.02. The van der Waals surface area contributed by atoms with E-state index in [-0.39, 0.29) is 5.78 Å². The fourth-order valence-corrected chi connectivity index (χ4v) is 2.71. The minimum absolute atomic E-state index is 0.0788. The second-order valence-corrected chi connectivity index (χ2v) is 5.41. The summed E-state index contributed by atoms with van der Waals surface area (Å²) in [5.74, 6) is 1.82. The maximum absolute atomic E-state index is 12.9. The molecule has 0 aliphatic rings. The molecule has 25 heavy (non-hydrogen) atoms. The Labute approximate surface area is 146 Å². The maximum atomic E-state index is 12.9. The molecular weight excluding hydrogens is 318 g/mol. The van der Waals surface area contributed by atoms with Crippen LogP contribution in [0.25, 0.3) is 11.1 Å². The molecule has 2 aromatic carbocycles. The van der Waals surface area contributed by atoms with Crippen molar-refractivity contribution in [3.8, 4) is 28.4 Å². The van der Waals surface area contributed by atoms with Gasteiger partial charge in [-0.25, -0.2) is 0 Å². The number of rotatable bonds is 6. The molecule has 0 saturated heterocycles. The van der Waals surface area contributed by atoms with Crippen LogP contribution in [-0.2, 0) is 0 Å². The van der Waals surface area contributed by atoms with Crippen LogP contribution in [0.2, 0.25) is 0 Å². The number of methoxy groups -OCH3 is 3. The van der Waals surface area contributed by atoms with Gasteiger partial charge in [0, 0.05) is 29.1 Å². The topological polar surface area (TPSA) is 60.6 Å². The second kappa shape index (κ2) is 7.13. The Morgan fingerprint density at radius 1 is 0.880 bits per heavy atom. The minimum atomic E-state index is -0.0788. The number of ketones is 1. The van der Waals surface area contributed by atoms with E-state index < -0.39 is 0 Å². The monoisotopic (exact) mass is 337 g/mol. The van der Waals surface area contributed by atoms with Gasteiger partial charge in [-0.15, -0.1) is 0 Å². The molecule has 0 aliphatic heterocycles. The van der Waals surface area contributed by atoms with Gasteiger partial charge in [-0.2, -0.15) is 0 Å². The van der Waals surface area contributed by atoms with Gasteiger partial charge in [0.15, 0.2) is 17.3 Å². The molecule has 128 valence electrons. The van der Waals surface area contributed by atoms with Gasteiger partial charge in [0.1, 0.15) is 5.75 Å². The predicted octanol–water partition coefficient (Wildman–Crippen LogP) is 3.94. The summed E-state index contributed by atoms with van der Waals surface area (Å²) in [5.41, 5.74) is 2.82. The SMILES string of the molecule is COc1cccc(C(=O)c2c[nH]cc2-c2ccc(OC)c(OC)c2)c1. The molecule has 0 bridgehead atoms. The Balaban J connectivity index is 2.01. The van der Waals surface area contributed by atoms with Crippen molar-refractivity contribution in [1.29, 1.82) is 0 Å². The van der Waals surface area contributed by atoms with Gasteiger partial charge in [0.2, 0.25) is 0 Å². The van der Waals surface area contributed by atoms with Crippen LogP contribution in [0.15, 0.2) is 54.9 Å². The van der Waals surface area contributed by atoms with Crippen molar-refractivity contribution in [3.63, 3.8) is 0 Å². The summed E-state index contributed by atoms with van der Waals surface area (Å²) in [7, 11) is 4.75. The number of carbonyl (C=O) groups excluding carboxylic acids is 1. The van der Waals surface area contributed by atoms with Crippen molar-refractivity contribution < 1.29 is 19.0 Å². The summed E-state index contributed by atoms with van der Waals surface area (Å²) in [5, 5.41) is 0. The van der Waals surface area contributed by atoms with Gasteiger partial charge in [0.05, 0.1) is 21.3 Å². The first-order valence-electron chi connectivity index (χ1n) is 7.76. The molecule has 0 spiro atoms. The zero-order valence-electron chi connectivity index (χ0n) is 14.3. The van der Waals surface area contributed by atoms with Crippen LogP contribution in [0, 0.1) is 0 Å². The second-order valence-electron chi connectivity index (χ2n) is 5.41. The quantitative estimate of drug-likeness (QED) is 0.692. The zero-order valence-corrected chi connectivity index (χ0v) is 14.3. The van der Waals surface area contributed by atoms with Crippen LogP contribution in [-0.4, -0.2) is 32.1 Å². The molecule has 3 aromatic rings. The standard InChI is InChI=1S/C20H19NO4/c1-23-15-6-4-5-14(9-15)20(22)17-12-21-11-16(17)13-7-8-18(24-2)19(10-13)25-3/h4-12,21H,1-3H3. The third-order valence-electron chi connectivity index (χ3n) is 4.02. The summed E-state index contributed by atoms with van der Waals surface area (Å²) < 4.78 is 15.8. The normalized spacial score (nSPS) is 10.4. The molecule has 0 fully saturated rings. The van der Waals surface area contributed by atoms with Gasteiger partial charge in [0.25, 0.3) is 0 Å². The van der Waals surface area contributed by atoms with Crippen LogP contribution in [0.3, 0.4) is 0 Å². The molecule has 1 N–H and O–H groups in total. The average molecular weight is 337 g/mol. The first-order valence-corrected chi connectivity index (χ1v) is 7.76. The highest BCUT2D eigenvalue weighted by molar-refractivity contribution is 6.13. The van der Waals surface area contributed by atoms with Crippen molar-refractivity contribution >= 4 is 5.78 Å². The minimum Gasteiger partial charge on any atom is -0.497 e. The van der Waals surface area contributed by atoms with Crippen molar-refractivity contribution in [1.82, 2.24) is 4.98 Å². The molecule has 0 radical (unpaired) electrons. The number of hydrogen-bond donors (Lipinski definition) is 1. The molecule has 1 heterocycles. The first-order chi connectivity index (χ1) is 12.2. The summed E-state index contributed by atoms with van der Waals surface area (Å²) in [6.45, 7) is 0. The lowest BCUT2D eigenvalue weighted by Crippen LogP contribution is -2.02. The number of benzene rings is 2. The molecule has 0 atom stereocenters. The number of ether oxygens (including phenoxy) is 3. The van der Waals surface area contributed by atoms with E-state index in [4.69, 9.17) is 14.2 Å². The summed E-state index contributed by atoms with van der Waals surface area (Å²) in [6, 6.07) is 12.7. The van der Waals surface area contributed by atoms with Crippen LogP contribution < -0.4 is 14.2 Å². The number of H-pyrrole nitrogens is 1. The van der Waals surface area contributed by atoms with E-state index in [0.717, 1.165) is 11.1 Å². The zero-order chi connectivity index (χ0) is 17.8. The molecule has 0 aliphatic carbocycles. The highest BCUT2D eigenvalue weighted by Gasteiger charge is 2.17. The summed E-state index contributed by atoms with van der Waals surface area (Å²) in [6.07, 6.45) is 3.50. The Kier molecular flexibility index (Phi) is 4.75. The van der Waals surface area contributed by atoms with Gasteiger partial charge in [-0.05, 0) is 29.8 Å². The molecule has 5 heteroatoms. The Morgan fingerprint density at radius 3 is 2.40 bits per heavy atom. The largest absolute Gasteiger partial charge is 0.497 e. The number of carbonyl (C=O) groups is 1. The molecule has 3 rings (SSSR count). The molecule has 1 aromatic heterocycles. The summed E-state index contributed by atoms with van der Waals surface area (Å²) >= 11 is 0. The van der Waals surface area contributed by atoms with E-state index in [0.29, 0.717) is 28.4 Å². The highest BCUT2D eigenvalue weighted by atomic mass is 16.5. The van der Waals surface area contributed by atoms with E-state index in [1.807, 2.05) is 24.3 Å². The van der Waals surface area contributed by atoms with Gasteiger partial charge < -0.3 is 19.2 Å². The number of aromatic amines is 1. The van der Waals surface area contributed by atoms with E-state index >= 15 is 0 Å². The number of nitrogens with one attached hydrogen (secondary N) is 1. The lowest BCUT2D eigenvalue weighted by Gasteiger charge is -2.10. The highest BCUT2D eigenvalue weighted by Crippen LogP contribution is 2.34. The van der Waals surface area contributed by atoms with Gasteiger partial charge >= 0.3 is 0 Å². The molecule has 0 saturated carbocycles. The lowest BCUT2D eigenvalue weighted by atomic mass is 9.97. The molecule has 0 unspecified atom stereocenters. The van der Waals surface area contributed by atoms with Crippen molar-refractivity contribution in [2.45, 2.75) is 0 Å². The Morgan fingerprint density at radius 2 is 1.68 bits per heavy atom. The first kappa shape index (κ1) is 16.6. The number of aromatic nitrogens is 1. The Hall–Kier alpha value is -3.21. The molecular formula is C20H19NO4. The van der Waals surface area contributed by atoms with Gasteiger partial charge in [-0.1, -0.05) is 18.2 Å². The van der Waals surface area contributed by atoms with Gasteiger partial charge in [-0.3, -0.25) is 4.79 Å². The number of hydrogen-bond acceptors (Lipinski definition) is 4. The lowest BCUT2D eigenvalue weighted by molar-refractivity contribution is 0.103. The van der Waals surface area contributed by atoms with E-state index in [9.17, 15) is 4.79 Å². The fraction of sp³-hybridized carbons (Fsp3) is 0.150. The van der Waals surface area contributed by atoms with Crippen molar-refractivity contribution in [2.24, 2.45) is 0 Å². The third kappa shape index (κ3) is 3.21. The van der Waals surface area contributed by atoms with E-state index in [1.165, 1.54) is 0 Å². The van der Waals surface area contributed by atoms with Crippen LogP contribution in [0.5, 0.6) is 17.2 Å². The summed E-state index contributed by atoms with van der Waals surface area (Å²) in [4.78, 5) is 15.9. The molecule has 5 nitrogen and oxygen atoms in total. The Bertz CT molecular complexity index is 898. The fourth-order valence-electron chi connectivity index (χ4n) is 2.71. The van der Waals surface area contributed by atoms with E-state index in [2.05, 4.69) is 4.98 Å².